The summed E-state index contributed by atoms with van der Waals surface area (Å²) in [5.74, 6) is 0. The predicted molar refractivity (Wildman–Crippen MR) is 72.0 cm³/mol. The number of thiazole rings is 1. The van der Waals surface area contributed by atoms with Gasteiger partial charge in [-0.1, -0.05) is 0 Å². The molecule has 0 saturated heterocycles. The van der Waals surface area contributed by atoms with E-state index in [1.54, 1.807) is 11.3 Å². The van der Waals surface area contributed by atoms with Gasteiger partial charge in [0.2, 0.25) is 0 Å². The van der Waals surface area contributed by atoms with Crippen LogP contribution in [0.4, 0.5) is 4.79 Å². The summed E-state index contributed by atoms with van der Waals surface area (Å²) in [6.07, 6.45) is 2.25. The van der Waals surface area contributed by atoms with E-state index in [1.807, 2.05) is 27.7 Å². The van der Waals surface area contributed by atoms with E-state index >= 15 is 0 Å². The first-order valence-electron chi connectivity index (χ1n) is 6.27. The van der Waals surface area contributed by atoms with Crippen molar-refractivity contribution in [2.24, 2.45) is 0 Å². The Morgan fingerprint density at radius 1 is 1.50 bits per heavy atom. The van der Waals surface area contributed by atoms with Crippen LogP contribution in [-0.4, -0.2) is 22.7 Å². The summed E-state index contributed by atoms with van der Waals surface area (Å²) in [7, 11) is 0. The lowest BCUT2D eigenvalue weighted by Gasteiger charge is -2.25. The van der Waals surface area contributed by atoms with Crippen molar-refractivity contribution in [3.63, 3.8) is 0 Å². The van der Waals surface area contributed by atoms with Crippen molar-refractivity contribution in [1.82, 2.24) is 10.3 Å². The highest BCUT2D eigenvalue weighted by molar-refractivity contribution is 7.11. The molecular formula is C13H20N2O2S. The van der Waals surface area contributed by atoms with E-state index in [0.717, 1.165) is 24.3 Å². The third kappa shape index (κ3) is 3.45. The lowest BCUT2D eigenvalue weighted by atomic mass is 10.0. The summed E-state index contributed by atoms with van der Waals surface area (Å²) in [6, 6.07) is 0. The molecule has 1 aromatic heterocycles. The van der Waals surface area contributed by atoms with Gasteiger partial charge in [0.1, 0.15) is 6.10 Å². The highest BCUT2D eigenvalue weighted by Gasteiger charge is 2.25. The van der Waals surface area contributed by atoms with Crippen LogP contribution >= 0.6 is 11.3 Å². The van der Waals surface area contributed by atoms with Gasteiger partial charge in [0.15, 0.2) is 0 Å². The number of hydrogen-bond donors (Lipinski definition) is 1. The number of nitrogens with one attached hydrogen (secondary N) is 1. The van der Waals surface area contributed by atoms with Crippen molar-refractivity contribution in [3.8, 4) is 0 Å². The molecule has 0 aromatic carbocycles. The van der Waals surface area contributed by atoms with Gasteiger partial charge in [-0.2, -0.15) is 0 Å². The molecule has 0 unspecified atom stereocenters. The summed E-state index contributed by atoms with van der Waals surface area (Å²) in [6.45, 7) is 7.85. The van der Waals surface area contributed by atoms with E-state index in [1.165, 1.54) is 10.6 Å². The molecular weight excluding hydrogens is 248 g/mol. The van der Waals surface area contributed by atoms with Crippen molar-refractivity contribution in [2.45, 2.75) is 58.6 Å². The normalized spacial score (nSPS) is 19.2. The first kappa shape index (κ1) is 13.3. The minimum Gasteiger partial charge on any atom is -0.446 e. The molecule has 1 aliphatic carbocycles. The Morgan fingerprint density at radius 3 is 2.89 bits per heavy atom. The summed E-state index contributed by atoms with van der Waals surface area (Å²) < 4.78 is 5.46. The number of hydrogen-bond acceptors (Lipinski definition) is 4. The molecule has 100 valence electrons. The topological polar surface area (TPSA) is 51.2 Å². The van der Waals surface area contributed by atoms with Gasteiger partial charge in [-0.25, -0.2) is 9.78 Å². The third-order valence-electron chi connectivity index (χ3n) is 2.75. The number of alkyl carbamates (subject to hydrolysis) is 1. The molecule has 1 heterocycles. The number of ether oxygens (including phenoxy) is 1. The molecule has 0 spiro atoms. The van der Waals surface area contributed by atoms with Crippen LogP contribution in [0.5, 0.6) is 0 Å². The number of fused-ring (bicyclic) bond motifs is 1. The molecule has 0 bridgehead atoms. The van der Waals surface area contributed by atoms with Crippen molar-refractivity contribution in [1.29, 1.82) is 0 Å². The van der Waals surface area contributed by atoms with Crippen LogP contribution < -0.4 is 5.32 Å². The quantitative estimate of drug-likeness (QED) is 0.852. The van der Waals surface area contributed by atoms with Gasteiger partial charge in [0, 0.05) is 16.8 Å². The van der Waals surface area contributed by atoms with Crippen molar-refractivity contribution < 1.29 is 9.53 Å². The average molecular weight is 268 g/mol. The zero-order valence-corrected chi connectivity index (χ0v) is 12.2. The summed E-state index contributed by atoms with van der Waals surface area (Å²) in [5, 5.41) is 3.92. The first-order chi connectivity index (χ1) is 8.33. The maximum absolute atomic E-state index is 11.7. The molecule has 1 atom stereocenters. The Balaban J connectivity index is 1.91. The van der Waals surface area contributed by atoms with Gasteiger partial charge in [-0.15, -0.1) is 11.3 Å². The zero-order valence-electron chi connectivity index (χ0n) is 11.4. The molecule has 5 heteroatoms. The van der Waals surface area contributed by atoms with E-state index in [2.05, 4.69) is 10.3 Å². The van der Waals surface area contributed by atoms with Crippen molar-refractivity contribution in [2.75, 3.05) is 0 Å². The molecule has 2 rings (SSSR count). The number of carbonyl (C=O) groups is 1. The Labute approximate surface area is 112 Å². The average Bonchev–Trinajstić information content (AvgIpc) is 2.53. The van der Waals surface area contributed by atoms with Crippen molar-refractivity contribution in [3.05, 3.63) is 15.6 Å². The molecule has 4 nitrogen and oxygen atoms in total. The molecule has 0 saturated carbocycles. The van der Waals surface area contributed by atoms with Gasteiger partial charge in [-0.05, 0) is 40.5 Å². The largest absolute Gasteiger partial charge is 0.446 e. The summed E-state index contributed by atoms with van der Waals surface area (Å²) >= 11 is 1.71. The molecule has 0 radical (unpaired) electrons. The molecule has 1 amide bonds. The molecule has 18 heavy (non-hydrogen) atoms. The van der Waals surface area contributed by atoms with Crippen LogP contribution in [0.15, 0.2) is 0 Å². The van der Waals surface area contributed by atoms with E-state index in [4.69, 9.17) is 4.74 Å². The smallest absolute Gasteiger partial charge is 0.407 e. The Hall–Kier alpha value is -1.10. The SMILES string of the molecule is Cc1nc2c(s1)C[C@H](OC(=O)NC(C)(C)C)CC2. The van der Waals surface area contributed by atoms with Gasteiger partial charge < -0.3 is 10.1 Å². The molecule has 1 N–H and O–H groups in total. The van der Waals surface area contributed by atoms with Gasteiger partial charge >= 0.3 is 6.09 Å². The lowest BCUT2D eigenvalue weighted by molar-refractivity contribution is 0.0839. The van der Waals surface area contributed by atoms with E-state index in [-0.39, 0.29) is 17.7 Å². The molecule has 1 aromatic rings. The van der Waals surface area contributed by atoms with Crippen LogP contribution in [0.3, 0.4) is 0 Å². The van der Waals surface area contributed by atoms with Crippen LogP contribution in [0.2, 0.25) is 0 Å². The monoisotopic (exact) mass is 268 g/mol. The number of rotatable bonds is 1. The number of nitrogens with zero attached hydrogens (tertiary/aromatic N) is 1. The lowest BCUT2D eigenvalue weighted by Crippen LogP contribution is -2.42. The van der Waals surface area contributed by atoms with Crippen LogP contribution in [0.25, 0.3) is 0 Å². The number of carbonyl (C=O) groups excluding carboxylic acids is 1. The van der Waals surface area contributed by atoms with E-state index in [0.29, 0.717) is 0 Å². The number of aryl methyl sites for hydroxylation is 2. The maximum Gasteiger partial charge on any atom is 0.407 e. The Kier molecular flexibility index (Phi) is 3.61. The van der Waals surface area contributed by atoms with Gasteiger partial charge in [0.25, 0.3) is 0 Å². The maximum atomic E-state index is 11.7. The fourth-order valence-corrected chi connectivity index (χ4v) is 3.11. The summed E-state index contributed by atoms with van der Waals surface area (Å²) in [4.78, 5) is 17.5. The fourth-order valence-electron chi connectivity index (χ4n) is 2.06. The van der Waals surface area contributed by atoms with Crippen molar-refractivity contribution >= 4 is 17.4 Å². The molecule has 1 aliphatic rings. The van der Waals surface area contributed by atoms with Gasteiger partial charge in [-0.3, -0.25) is 0 Å². The second-order valence-corrected chi connectivity index (χ2v) is 7.04. The molecule has 0 fully saturated rings. The van der Waals surface area contributed by atoms with E-state index in [9.17, 15) is 4.79 Å². The number of amides is 1. The minimum atomic E-state index is -0.322. The zero-order chi connectivity index (χ0) is 13.3. The highest BCUT2D eigenvalue weighted by Crippen LogP contribution is 2.27. The van der Waals surface area contributed by atoms with Crippen LogP contribution in [-0.2, 0) is 17.6 Å². The second kappa shape index (κ2) is 4.88. The second-order valence-electron chi connectivity index (χ2n) is 5.75. The Morgan fingerprint density at radius 2 is 2.22 bits per heavy atom. The summed E-state index contributed by atoms with van der Waals surface area (Å²) in [5.41, 5.74) is 0.937. The van der Waals surface area contributed by atoms with Crippen LogP contribution in [0, 0.1) is 6.92 Å². The standard InChI is InChI=1S/C13H20N2O2S/c1-8-14-10-6-5-9(7-11(10)18-8)17-12(16)15-13(2,3)4/h9H,5-7H2,1-4H3,(H,15,16)/t9-/m1/s1. The third-order valence-corrected chi connectivity index (χ3v) is 3.79. The van der Waals surface area contributed by atoms with Gasteiger partial charge in [0.05, 0.1) is 10.7 Å². The first-order valence-corrected chi connectivity index (χ1v) is 7.09. The fraction of sp³-hybridized carbons (Fsp3) is 0.692. The minimum absolute atomic E-state index is 0.0142. The predicted octanol–water partition coefficient (Wildman–Crippen LogP) is 2.83. The highest BCUT2D eigenvalue weighted by atomic mass is 32.1. The van der Waals surface area contributed by atoms with Crippen LogP contribution in [0.1, 0.15) is 42.8 Å². The molecule has 0 aliphatic heterocycles. The number of aromatic nitrogens is 1. The Bertz CT molecular complexity index is 448. The van der Waals surface area contributed by atoms with E-state index < -0.39 is 0 Å².